The molecule has 7 nitrogen and oxygen atoms in total. The van der Waals surface area contributed by atoms with Gasteiger partial charge in [0, 0.05) is 79.4 Å². The number of rotatable bonds is 10. The van der Waals surface area contributed by atoms with Gasteiger partial charge in [0.15, 0.2) is 0 Å². The topological polar surface area (TPSA) is 68.2 Å². The third-order valence-corrected chi connectivity index (χ3v) is 12.5. The predicted molar refractivity (Wildman–Crippen MR) is 200 cm³/mol. The Kier molecular flexibility index (Phi) is 11.4. The second-order valence-corrected chi connectivity index (χ2v) is 17.1. The summed E-state index contributed by atoms with van der Waals surface area (Å²) in [5, 5.41) is 12.3. The van der Waals surface area contributed by atoms with E-state index in [-0.39, 0.29) is 11.5 Å². The van der Waals surface area contributed by atoms with Crippen molar-refractivity contribution < 1.29 is 8.42 Å². The van der Waals surface area contributed by atoms with E-state index in [9.17, 15) is 8.42 Å². The summed E-state index contributed by atoms with van der Waals surface area (Å²) in [5.74, 6) is 8.90. The first-order valence-electron chi connectivity index (χ1n) is 16.6. The predicted octanol–water partition coefficient (Wildman–Crippen LogP) is 6.18. The molecule has 1 N–H and O–H groups in total. The van der Waals surface area contributed by atoms with E-state index in [2.05, 4.69) is 46.1 Å². The zero-order valence-corrected chi connectivity index (χ0v) is 30.7. The van der Waals surface area contributed by atoms with Crippen LogP contribution in [-0.2, 0) is 23.1 Å². The average Bonchev–Trinajstić information content (AvgIpc) is 3.37. The highest BCUT2D eigenvalue weighted by molar-refractivity contribution is 7.99. The number of hydrazone groups is 1. The third kappa shape index (κ3) is 8.59. The van der Waals surface area contributed by atoms with Crippen molar-refractivity contribution in [2.75, 3.05) is 57.0 Å². The minimum atomic E-state index is -3.32. The van der Waals surface area contributed by atoms with Crippen molar-refractivity contribution in [3.05, 3.63) is 105 Å². The number of piperidine rings is 1. The molecular formula is C37H43Cl2N5O2S2. The molecule has 3 heterocycles. The van der Waals surface area contributed by atoms with E-state index in [1.54, 1.807) is 4.31 Å². The molecule has 2 saturated heterocycles. The van der Waals surface area contributed by atoms with Crippen molar-refractivity contribution in [2.45, 2.75) is 38.4 Å². The fourth-order valence-corrected chi connectivity index (χ4v) is 8.85. The zero-order chi connectivity index (χ0) is 33.7. The lowest BCUT2D eigenvalue weighted by molar-refractivity contribution is 0.0506. The summed E-state index contributed by atoms with van der Waals surface area (Å²) in [6.07, 6.45) is 3.05. The first kappa shape index (κ1) is 35.3. The van der Waals surface area contributed by atoms with Crippen LogP contribution in [0, 0.1) is 17.8 Å². The van der Waals surface area contributed by atoms with Crippen molar-refractivity contribution in [3.8, 4) is 11.8 Å². The van der Waals surface area contributed by atoms with Gasteiger partial charge in [0.2, 0.25) is 10.0 Å². The highest BCUT2D eigenvalue weighted by Gasteiger charge is 2.51. The molecule has 0 saturated carbocycles. The Labute approximate surface area is 300 Å². The van der Waals surface area contributed by atoms with E-state index in [1.807, 2.05) is 66.4 Å². The molecule has 2 fully saturated rings. The first-order chi connectivity index (χ1) is 23.1. The van der Waals surface area contributed by atoms with Crippen LogP contribution in [0.2, 0.25) is 10.0 Å². The minimum absolute atomic E-state index is 0.0600. The van der Waals surface area contributed by atoms with Gasteiger partial charge in [0.1, 0.15) is 0 Å². The molecule has 3 aliphatic rings. The van der Waals surface area contributed by atoms with Crippen LogP contribution in [0.3, 0.4) is 0 Å². The highest BCUT2D eigenvalue weighted by Crippen LogP contribution is 2.42. The Morgan fingerprint density at radius 2 is 1.62 bits per heavy atom. The van der Waals surface area contributed by atoms with Gasteiger partial charge in [0.05, 0.1) is 22.5 Å². The number of benzene rings is 3. The van der Waals surface area contributed by atoms with Crippen molar-refractivity contribution in [1.29, 1.82) is 0 Å². The van der Waals surface area contributed by atoms with Gasteiger partial charge < -0.3 is 10.2 Å². The van der Waals surface area contributed by atoms with E-state index in [1.165, 1.54) is 28.9 Å². The molecule has 0 spiro atoms. The van der Waals surface area contributed by atoms with Crippen molar-refractivity contribution >= 4 is 50.7 Å². The fraction of sp³-hybridized carbons (Fsp3) is 0.432. The van der Waals surface area contributed by atoms with Gasteiger partial charge in [-0.1, -0.05) is 65.4 Å². The van der Waals surface area contributed by atoms with Crippen LogP contribution in [0.5, 0.6) is 0 Å². The summed E-state index contributed by atoms with van der Waals surface area (Å²) in [6, 6.07) is 22.0. The molecule has 3 aromatic carbocycles. The number of halogens is 2. The fourth-order valence-electron chi connectivity index (χ4n) is 6.73. The number of sulfonamides is 1. The lowest BCUT2D eigenvalue weighted by Crippen LogP contribution is -2.57. The number of nitrogens with zero attached hydrogens (tertiary/aromatic N) is 4. The normalized spacial score (nSPS) is 21.8. The molecule has 3 aromatic rings. The van der Waals surface area contributed by atoms with Gasteiger partial charge in [-0.2, -0.15) is 16.9 Å². The van der Waals surface area contributed by atoms with Crippen LogP contribution in [0.1, 0.15) is 47.6 Å². The van der Waals surface area contributed by atoms with E-state index in [0.29, 0.717) is 18.1 Å². The lowest BCUT2D eigenvalue weighted by Gasteiger charge is -2.45. The van der Waals surface area contributed by atoms with E-state index in [0.717, 1.165) is 79.5 Å². The zero-order valence-electron chi connectivity index (χ0n) is 27.6. The quantitative estimate of drug-likeness (QED) is 0.252. The van der Waals surface area contributed by atoms with Gasteiger partial charge >= 0.3 is 0 Å². The Hall–Kier alpha value is -2.55. The maximum Gasteiger partial charge on any atom is 0.211 e. The van der Waals surface area contributed by atoms with Gasteiger partial charge in [-0.05, 0) is 79.4 Å². The molecule has 254 valence electrons. The molecule has 2 unspecified atom stereocenters. The second kappa shape index (κ2) is 15.6. The largest absolute Gasteiger partial charge is 0.309 e. The Morgan fingerprint density at radius 3 is 2.31 bits per heavy atom. The molecule has 0 aromatic heterocycles. The number of hydrogen-bond donors (Lipinski definition) is 1. The molecule has 0 bridgehead atoms. The minimum Gasteiger partial charge on any atom is -0.309 e. The summed E-state index contributed by atoms with van der Waals surface area (Å²) >= 11 is 14.7. The molecule has 0 aliphatic carbocycles. The third-order valence-electron chi connectivity index (χ3n) is 9.70. The van der Waals surface area contributed by atoms with Crippen LogP contribution in [0.15, 0.2) is 71.8 Å². The highest BCUT2D eigenvalue weighted by atomic mass is 35.5. The van der Waals surface area contributed by atoms with Crippen LogP contribution >= 0.6 is 35.0 Å². The summed E-state index contributed by atoms with van der Waals surface area (Å²) < 4.78 is 26.9. The molecule has 6 rings (SSSR count). The monoisotopic (exact) mass is 723 g/mol. The Morgan fingerprint density at radius 1 is 0.938 bits per heavy atom. The van der Waals surface area contributed by atoms with Crippen molar-refractivity contribution in [1.82, 2.24) is 19.5 Å². The van der Waals surface area contributed by atoms with Gasteiger partial charge in [-0.3, -0.25) is 5.01 Å². The first-order valence-corrected chi connectivity index (χ1v) is 20.3. The molecule has 2 atom stereocenters. The molecule has 48 heavy (non-hydrogen) atoms. The van der Waals surface area contributed by atoms with Gasteiger partial charge in [0.25, 0.3) is 0 Å². The molecular weight excluding hydrogens is 681 g/mol. The summed E-state index contributed by atoms with van der Waals surface area (Å²) in [7, 11) is -3.32. The van der Waals surface area contributed by atoms with Crippen LogP contribution in [0.4, 0.5) is 0 Å². The van der Waals surface area contributed by atoms with E-state index < -0.39 is 10.0 Å². The van der Waals surface area contributed by atoms with Crippen molar-refractivity contribution in [3.63, 3.8) is 0 Å². The maximum absolute atomic E-state index is 12.6. The Balaban J connectivity index is 1.17. The number of hydrogen-bond acceptors (Lipinski definition) is 7. The number of thioether (sulfide) groups is 1. The SMILES string of the molecule is CC12CCN(S(C)(=O)=O)CC1C(c1ccc(Cl)c(C#Cc3ccc(CNCc4ccc(Cl)cc4)cc3)c1)=NN2CCCN1CCSCC1. The Bertz CT molecular complexity index is 1780. The molecule has 0 amide bonds. The van der Waals surface area contributed by atoms with Crippen LogP contribution < -0.4 is 5.32 Å². The molecule has 3 aliphatic heterocycles. The molecule has 11 heteroatoms. The smallest absolute Gasteiger partial charge is 0.211 e. The van der Waals surface area contributed by atoms with Gasteiger partial charge in [-0.15, -0.1) is 0 Å². The second-order valence-electron chi connectivity index (χ2n) is 13.1. The maximum atomic E-state index is 12.6. The van der Waals surface area contributed by atoms with Crippen LogP contribution in [-0.4, -0.2) is 90.9 Å². The van der Waals surface area contributed by atoms with Crippen LogP contribution in [0.25, 0.3) is 0 Å². The number of fused-ring (bicyclic) bond motifs is 1. The van der Waals surface area contributed by atoms with Gasteiger partial charge in [-0.25, -0.2) is 12.7 Å². The number of nitrogens with one attached hydrogen (secondary N) is 1. The molecule has 0 radical (unpaired) electrons. The van der Waals surface area contributed by atoms with Crippen molar-refractivity contribution in [2.24, 2.45) is 11.0 Å². The lowest BCUT2D eigenvalue weighted by atomic mass is 9.76. The summed E-state index contributed by atoms with van der Waals surface area (Å²) in [4.78, 5) is 2.54. The summed E-state index contributed by atoms with van der Waals surface area (Å²) in [5.41, 5.74) is 5.58. The average molecular weight is 725 g/mol. The standard InChI is InChI=1S/C37H43Cl2N5O2S2/c1-37-16-19-43(48(2,45)46)27-34(37)36(41-44(37)18-3-17-42-20-22-47-23-21-42)32-12-15-35(39)31(24-32)11-8-28-4-6-29(7-5-28)25-40-26-30-9-13-33(38)14-10-30/h4-7,9-10,12-15,24,34,40H,3,16-23,25-27H2,1-2H3. The van der Waals surface area contributed by atoms with E-state index >= 15 is 0 Å². The van der Waals surface area contributed by atoms with E-state index in [4.69, 9.17) is 28.3 Å². The summed E-state index contributed by atoms with van der Waals surface area (Å²) in [6.45, 7) is 8.86.